The summed E-state index contributed by atoms with van der Waals surface area (Å²) in [4.78, 5) is 2.34. The first-order valence-electron chi connectivity index (χ1n) is 8.14. The van der Waals surface area contributed by atoms with Crippen LogP contribution in [0.15, 0.2) is 18.2 Å². The molecule has 1 aromatic rings. The molecule has 1 heterocycles. The van der Waals surface area contributed by atoms with Crippen LogP contribution in [0.1, 0.15) is 45.6 Å². The van der Waals surface area contributed by atoms with E-state index in [-0.39, 0.29) is 5.82 Å². The summed E-state index contributed by atoms with van der Waals surface area (Å²) in [6.45, 7) is 9.60. The van der Waals surface area contributed by atoms with Crippen LogP contribution in [0.4, 0.5) is 10.1 Å². The normalized spacial score (nSPS) is 20.4. The molecule has 1 unspecified atom stereocenters. The molecule has 0 radical (unpaired) electrons. The Hall–Kier alpha value is -1.09. The van der Waals surface area contributed by atoms with E-state index in [0.717, 1.165) is 36.7 Å². The molecular weight excluding hydrogens is 263 g/mol. The maximum absolute atomic E-state index is 13.8. The van der Waals surface area contributed by atoms with Crippen molar-refractivity contribution >= 4 is 5.69 Å². The van der Waals surface area contributed by atoms with Gasteiger partial charge in [-0.1, -0.05) is 20.8 Å². The van der Waals surface area contributed by atoms with Gasteiger partial charge in [0.25, 0.3) is 0 Å². The van der Waals surface area contributed by atoms with Crippen LogP contribution in [0, 0.1) is 17.2 Å². The van der Waals surface area contributed by atoms with Crippen molar-refractivity contribution in [1.82, 2.24) is 0 Å². The number of halogens is 1. The topological polar surface area (TPSA) is 29.3 Å². The van der Waals surface area contributed by atoms with Crippen molar-refractivity contribution < 1.29 is 4.39 Å². The van der Waals surface area contributed by atoms with Crippen molar-refractivity contribution in [3.8, 4) is 0 Å². The number of nitrogens with two attached hydrogens (primary N) is 1. The van der Waals surface area contributed by atoms with Gasteiger partial charge in [0.05, 0.1) is 0 Å². The van der Waals surface area contributed by atoms with Crippen LogP contribution in [0.2, 0.25) is 0 Å². The maximum atomic E-state index is 13.8. The van der Waals surface area contributed by atoms with Crippen LogP contribution in [0.3, 0.4) is 0 Å². The highest BCUT2D eigenvalue weighted by Crippen LogP contribution is 2.35. The first-order chi connectivity index (χ1) is 9.90. The third kappa shape index (κ3) is 4.44. The molecular formula is C18H29FN2. The van der Waals surface area contributed by atoms with Gasteiger partial charge < -0.3 is 10.6 Å². The zero-order valence-corrected chi connectivity index (χ0v) is 13.7. The standard InChI is InChI=1S/C18H29FN2/c1-18(2,3)15-5-4-9-21(10-7-15)17-12-14(6-8-20)11-16(19)13-17/h11-13,15H,4-10,20H2,1-3H3. The van der Waals surface area contributed by atoms with Crippen molar-refractivity contribution in [3.63, 3.8) is 0 Å². The summed E-state index contributed by atoms with van der Waals surface area (Å²) in [5.74, 6) is 0.604. The summed E-state index contributed by atoms with van der Waals surface area (Å²) in [5, 5.41) is 0. The molecule has 1 saturated heterocycles. The fraction of sp³-hybridized carbons (Fsp3) is 0.667. The van der Waals surface area contributed by atoms with Crippen LogP contribution < -0.4 is 10.6 Å². The second-order valence-electron chi connectivity index (χ2n) is 7.34. The Kier molecular flexibility index (Phi) is 5.26. The Morgan fingerprint density at radius 1 is 1.19 bits per heavy atom. The van der Waals surface area contributed by atoms with E-state index in [4.69, 9.17) is 5.73 Å². The third-order valence-corrected chi connectivity index (χ3v) is 4.69. The molecule has 21 heavy (non-hydrogen) atoms. The van der Waals surface area contributed by atoms with Gasteiger partial charge in [0.1, 0.15) is 5.82 Å². The van der Waals surface area contributed by atoms with E-state index < -0.39 is 0 Å². The Bertz CT molecular complexity index is 465. The molecule has 1 atom stereocenters. The number of rotatable bonds is 3. The van der Waals surface area contributed by atoms with Crippen LogP contribution in [-0.4, -0.2) is 19.6 Å². The summed E-state index contributed by atoms with van der Waals surface area (Å²) in [6.07, 6.45) is 4.38. The second kappa shape index (κ2) is 6.78. The van der Waals surface area contributed by atoms with Crippen molar-refractivity contribution in [2.75, 3.05) is 24.5 Å². The van der Waals surface area contributed by atoms with E-state index in [2.05, 4.69) is 31.7 Å². The lowest BCUT2D eigenvalue weighted by Crippen LogP contribution is -2.26. The molecule has 0 amide bonds. The monoisotopic (exact) mass is 292 g/mol. The molecule has 0 spiro atoms. The summed E-state index contributed by atoms with van der Waals surface area (Å²) in [6, 6.07) is 5.37. The van der Waals surface area contributed by atoms with Crippen molar-refractivity contribution in [1.29, 1.82) is 0 Å². The Morgan fingerprint density at radius 2 is 1.95 bits per heavy atom. The third-order valence-electron chi connectivity index (χ3n) is 4.69. The highest BCUT2D eigenvalue weighted by atomic mass is 19.1. The summed E-state index contributed by atoms with van der Waals surface area (Å²) >= 11 is 0. The zero-order chi connectivity index (χ0) is 15.5. The molecule has 1 aliphatic heterocycles. The molecule has 0 saturated carbocycles. The first-order valence-corrected chi connectivity index (χ1v) is 8.14. The fourth-order valence-corrected chi connectivity index (χ4v) is 3.35. The van der Waals surface area contributed by atoms with Crippen LogP contribution in [0.25, 0.3) is 0 Å². The Balaban J connectivity index is 2.12. The molecule has 0 aliphatic carbocycles. The van der Waals surface area contributed by atoms with Crippen molar-refractivity contribution in [3.05, 3.63) is 29.6 Å². The zero-order valence-electron chi connectivity index (χ0n) is 13.7. The molecule has 0 aromatic heterocycles. The average molecular weight is 292 g/mol. The van der Waals surface area contributed by atoms with Crippen molar-refractivity contribution in [2.45, 2.75) is 46.5 Å². The highest BCUT2D eigenvalue weighted by molar-refractivity contribution is 5.49. The Morgan fingerprint density at radius 3 is 2.62 bits per heavy atom. The van der Waals surface area contributed by atoms with Gasteiger partial charge in [-0.05, 0) is 67.3 Å². The van der Waals surface area contributed by atoms with E-state index >= 15 is 0 Å². The number of anilines is 1. The largest absolute Gasteiger partial charge is 0.371 e. The van der Waals surface area contributed by atoms with E-state index in [1.807, 2.05) is 0 Å². The van der Waals surface area contributed by atoms with Gasteiger partial charge in [-0.15, -0.1) is 0 Å². The smallest absolute Gasteiger partial charge is 0.125 e. The molecule has 1 aromatic carbocycles. The summed E-state index contributed by atoms with van der Waals surface area (Å²) in [5.41, 5.74) is 7.98. The van der Waals surface area contributed by atoms with Crippen LogP contribution >= 0.6 is 0 Å². The van der Waals surface area contributed by atoms with Gasteiger partial charge >= 0.3 is 0 Å². The maximum Gasteiger partial charge on any atom is 0.125 e. The Labute approximate surface area is 128 Å². The van der Waals surface area contributed by atoms with Crippen molar-refractivity contribution in [2.24, 2.45) is 17.1 Å². The van der Waals surface area contributed by atoms with E-state index in [0.29, 0.717) is 12.0 Å². The van der Waals surface area contributed by atoms with Gasteiger partial charge in [-0.2, -0.15) is 0 Å². The van der Waals surface area contributed by atoms with E-state index in [1.54, 1.807) is 12.1 Å². The minimum Gasteiger partial charge on any atom is -0.371 e. The molecule has 118 valence electrons. The lowest BCUT2D eigenvalue weighted by molar-refractivity contribution is 0.220. The minimum atomic E-state index is -0.146. The SMILES string of the molecule is CC(C)(C)C1CCCN(c2cc(F)cc(CCN)c2)CC1. The highest BCUT2D eigenvalue weighted by Gasteiger charge is 2.27. The lowest BCUT2D eigenvalue weighted by atomic mass is 9.77. The van der Waals surface area contributed by atoms with Crippen LogP contribution in [0.5, 0.6) is 0 Å². The van der Waals surface area contributed by atoms with Gasteiger partial charge in [-0.3, -0.25) is 0 Å². The van der Waals surface area contributed by atoms with Gasteiger partial charge in [0, 0.05) is 18.8 Å². The lowest BCUT2D eigenvalue weighted by Gasteiger charge is -2.30. The van der Waals surface area contributed by atoms with Crippen LogP contribution in [-0.2, 0) is 6.42 Å². The molecule has 2 N–H and O–H groups in total. The molecule has 1 aliphatic rings. The fourth-order valence-electron chi connectivity index (χ4n) is 3.35. The molecule has 1 fully saturated rings. The summed E-state index contributed by atoms with van der Waals surface area (Å²) in [7, 11) is 0. The van der Waals surface area contributed by atoms with Gasteiger partial charge in [0.15, 0.2) is 0 Å². The number of hydrogen-bond donors (Lipinski definition) is 1. The average Bonchev–Trinajstić information content (AvgIpc) is 2.63. The number of nitrogens with zero attached hydrogens (tertiary/aromatic N) is 1. The molecule has 3 heteroatoms. The first kappa shape index (κ1) is 16.3. The predicted octanol–water partition coefficient (Wildman–Crippen LogP) is 3.98. The van der Waals surface area contributed by atoms with E-state index in [9.17, 15) is 4.39 Å². The van der Waals surface area contributed by atoms with E-state index in [1.165, 1.54) is 19.3 Å². The quantitative estimate of drug-likeness (QED) is 0.913. The predicted molar refractivity (Wildman–Crippen MR) is 88.2 cm³/mol. The second-order valence-corrected chi connectivity index (χ2v) is 7.34. The molecule has 0 bridgehead atoms. The number of benzene rings is 1. The molecule has 2 nitrogen and oxygen atoms in total. The van der Waals surface area contributed by atoms with Gasteiger partial charge in [0.2, 0.25) is 0 Å². The van der Waals surface area contributed by atoms with Gasteiger partial charge in [-0.25, -0.2) is 4.39 Å². The molecule has 2 rings (SSSR count). The summed E-state index contributed by atoms with van der Waals surface area (Å²) < 4.78 is 13.8. The number of hydrogen-bond acceptors (Lipinski definition) is 2. The minimum absolute atomic E-state index is 0.146.